The van der Waals surface area contributed by atoms with Crippen molar-refractivity contribution < 1.29 is 17.9 Å². The van der Waals surface area contributed by atoms with Crippen LogP contribution in [0.3, 0.4) is 0 Å². The van der Waals surface area contributed by atoms with E-state index in [1.165, 1.54) is 0 Å². The van der Waals surface area contributed by atoms with Crippen molar-refractivity contribution in [2.75, 3.05) is 19.5 Å². The van der Waals surface area contributed by atoms with Crippen LogP contribution in [0.2, 0.25) is 0 Å². The van der Waals surface area contributed by atoms with E-state index in [2.05, 4.69) is 15.9 Å². The number of para-hydroxylation sites is 1. The summed E-state index contributed by atoms with van der Waals surface area (Å²) in [7, 11) is -1.62. The molecule has 0 aromatic heterocycles. The molecule has 0 spiro atoms. The second-order valence-electron chi connectivity index (χ2n) is 5.36. The Bertz CT molecular complexity index is 525. The molecule has 114 valence electrons. The van der Waals surface area contributed by atoms with Gasteiger partial charge in [-0.3, -0.25) is 0 Å². The van der Waals surface area contributed by atoms with Gasteiger partial charge in [0.25, 0.3) is 0 Å². The Morgan fingerprint density at radius 1 is 1.25 bits per heavy atom. The number of hydrogen-bond donors (Lipinski definition) is 0. The minimum atomic E-state index is -3.18. The average molecular weight is 365 g/mol. The molecule has 0 aliphatic rings. The zero-order valence-electron chi connectivity index (χ0n) is 12.3. The van der Waals surface area contributed by atoms with E-state index in [0.717, 1.165) is 5.56 Å². The predicted octanol–water partition coefficient (Wildman–Crippen LogP) is 3.18. The highest BCUT2D eigenvalue weighted by molar-refractivity contribution is 9.08. The molecule has 0 aliphatic heterocycles. The highest BCUT2D eigenvalue weighted by atomic mass is 79.9. The van der Waals surface area contributed by atoms with E-state index in [-0.39, 0.29) is 12.4 Å². The highest BCUT2D eigenvalue weighted by Gasteiger charge is 2.28. The lowest BCUT2D eigenvalue weighted by atomic mass is 10.2. The van der Waals surface area contributed by atoms with Crippen molar-refractivity contribution in [2.24, 2.45) is 0 Å². The van der Waals surface area contributed by atoms with Gasteiger partial charge in [-0.2, -0.15) is 0 Å². The number of alkyl halides is 1. The molecular weight excluding hydrogens is 344 g/mol. The van der Waals surface area contributed by atoms with Crippen LogP contribution >= 0.6 is 15.9 Å². The van der Waals surface area contributed by atoms with Gasteiger partial charge in [-0.05, 0) is 26.8 Å². The van der Waals surface area contributed by atoms with Gasteiger partial charge in [0.1, 0.15) is 6.61 Å². The third-order valence-electron chi connectivity index (χ3n) is 2.96. The van der Waals surface area contributed by atoms with E-state index in [1.54, 1.807) is 33.9 Å². The third-order valence-corrected chi connectivity index (χ3v) is 6.13. The molecule has 0 heterocycles. The molecule has 1 rings (SSSR count). The van der Waals surface area contributed by atoms with Gasteiger partial charge in [-0.1, -0.05) is 28.1 Å². The fourth-order valence-electron chi connectivity index (χ4n) is 1.55. The SMILES string of the molecule is COc1cccc(CBr)c1OCCS(=O)(=O)C(C)(C)C. The van der Waals surface area contributed by atoms with E-state index in [1.807, 2.05) is 12.1 Å². The average Bonchev–Trinajstić information content (AvgIpc) is 2.37. The minimum absolute atomic E-state index is 0.0176. The molecule has 0 fully saturated rings. The maximum atomic E-state index is 12.0. The lowest BCUT2D eigenvalue weighted by Crippen LogP contribution is -2.32. The maximum Gasteiger partial charge on any atom is 0.165 e. The predicted molar refractivity (Wildman–Crippen MR) is 84.7 cm³/mol. The van der Waals surface area contributed by atoms with Crippen LogP contribution in [0.5, 0.6) is 11.5 Å². The first-order valence-electron chi connectivity index (χ1n) is 6.30. The van der Waals surface area contributed by atoms with Gasteiger partial charge < -0.3 is 9.47 Å². The van der Waals surface area contributed by atoms with Crippen LogP contribution in [0.4, 0.5) is 0 Å². The van der Waals surface area contributed by atoms with Gasteiger partial charge in [-0.15, -0.1) is 0 Å². The van der Waals surface area contributed by atoms with Crippen LogP contribution in [0, 0.1) is 0 Å². The fraction of sp³-hybridized carbons (Fsp3) is 0.571. The van der Waals surface area contributed by atoms with Gasteiger partial charge in [-0.25, -0.2) is 8.42 Å². The molecule has 0 bridgehead atoms. The van der Waals surface area contributed by atoms with Crippen LogP contribution in [0.1, 0.15) is 26.3 Å². The molecule has 0 saturated carbocycles. The van der Waals surface area contributed by atoms with Crippen molar-refractivity contribution in [3.63, 3.8) is 0 Å². The summed E-state index contributed by atoms with van der Waals surface area (Å²) in [5, 5.41) is 0.617. The second kappa shape index (κ2) is 6.80. The molecule has 20 heavy (non-hydrogen) atoms. The fourth-order valence-corrected chi connectivity index (χ4v) is 2.91. The number of methoxy groups -OCH3 is 1. The molecule has 0 unspecified atom stereocenters. The second-order valence-corrected chi connectivity index (χ2v) is 8.79. The largest absolute Gasteiger partial charge is 0.493 e. The van der Waals surface area contributed by atoms with E-state index in [4.69, 9.17) is 9.47 Å². The number of benzene rings is 1. The van der Waals surface area contributed by atoms with Crippen molar-refractivity contribution in [2.45, 2.75) is 30.8 Å². The van der Waals surface area contributed by atoms with E-state index in [0.29, 0.717) is 16.8 Å². The maximum absolute atomic E-state index is 12.0. The Labute approximate surface area is 129 Å². The third kappa shape index (κ3) is 4.12. The van der Waals surface area contributed by atoms with Crippen molar-refractivity contribution in [1.82, 2.24) is 0 Å². The zero-order chi connectivity index (χ0) is 15.4. The van der Waals surface area contributed by atoms with Gasteiger partial charge in [0.05, 0.1) is 17.6 Å². The standard InChI is InChI=1S/C14H21BrO4S/c1-14(2,3)20(16,17)9-8-19-13-11(10-15)6-5-7-12(13)18-4/h5-7H,8-10H2,1-4H3. The van der Waals surface area contributed by atoms with Crippen LogP contribution in [-0.4, -0.2) is 32.6 Å². The summed E-state index contributed by atoms with van der Waals surface area (Å²) in [5.41, 5.74) is 0.928. The van der Waals surface area contributed by atoms with Crippen LogP contribution in [-0.2, 0) is 15.2 Å². The Morgan fingerprint density at radius 2 is 1.90 bits per heavy atom. The zero-order valence-corrected chi connectivity index (χ0v) is 14.7. The highest BCUT2D eigenvalue weighted by Crippen LogP contribution is 2.32. The molecule has 6 heteroatoms. The molecule has 0 saturated heterocycles. The molecule has 1 aromatic rings. The molecule has 4 nitrogen and oxygen atoms in total. The summed E-state index contributed by atoms with van der Waals surface area (Å²) in [6.45, 7) is 5.18. The van der Waals surface area contributed by atoms with Crippen molar-refractivity contribution in [3.8, 4) is 11.5 Å². The van der Waals surface area contributed by atoms with E-state index in [9.17, 15) is 8.42 Å². The molecule has 0 N–H and O–H groups in total. The first kappa shape index (κ1) is 17.3. The van der Waals surface area contributed by atoms with Crippen LogP contribution in [0.15, 0.2) is 18.2 Å². The Kier molecular flexibility index (Phi) is 5.89. The first-order valence-corrected chi connectivity index (χ1v) is 9.07. The molecular formula is C14H21BrO4S. The number of rotatable bonds is 6. The first-order chi connectivity index (χ1) is 9.23. The molecule has 0 aliphatic carbocycles. The summed E-state index contributed by atoms with van der Waals surface area (Å²) in [5.74, 6) is 1.18. The number of sulfone groups is 1. The van der Waals surface area contributed by atoms with Gasteiger partial charge >= 0.3 is 0 Å². The smallest absolute Gasteiger partial charge is 0.165 e. The minimum Gasteiger partial charge on any atom is -0.493 e. The number of ether oxygens (including phenoxy) is 2. The normalized spacial score (nSPS) is 12.2. The molecule has 0 radical (unpaired) electrons. The van der Waals surface area contributed by atoms with Crippen molar-refractivity contribution in [1.29, 1.82) is 0 Å². The Morgan fingerprint density at radius 3 is 2.40 bits per heavy atom. The number of halogens is 1. The summed E-state index contributed by atoms with van der Waals surface area (Å²) in [4.78, 5) is 0. The van der Waals surface area contributed by atoms with Gasteiger partial charge in [0.15, 0.2) is 21.3 Å². The quantitative estimate of drug-likeness (QED) is 0.727. The van der Waals surface area contributed by atoms with Crippen molar-refractivity contribution in [3.05, 3.63) is 23.8 Å². The molecule has 1 aromatic carbocycles. The molecule has 0 atom stereocenters. The Balaban J connectivity index is 2.81. The Hall–Kier alpha value is -0.750. The van der Waals surface area contributed by atoms with Gasteiger partial charge in [0.2, 0.25) is 0 Å². The van der Waals surface area contributed by atoms with Crippen LogP contribution in [0.25, 0.3) is 0 Å². The summed E-state index contributed by atoms with van der Waals surface area (Å²) in [6.07, 6.45) is 0. The number of hydrogen-bond acceptors (Lipinski definition) is 4. The van der Waals surface area contributed by atoms with Crippen molar-refractivity contribution >= 4 is 25.8 Å². The summed E-state index contributed by atoms with van der Waals surface area (Å²) < 4.78 is 34.2. The van der Waals surface area contributed by atoms with Crippen LogP contribution < -0.4 is 9.47 Å². The monoisotopic (exact) mass is 364 g/mol. The summed E-state index contributed by atoms with van der Waals surface area (Å²) in [6, 6.07) is 5.57. The molecule has 0 amide bonds. The lowest BCUT2D eigenvalue weighted by Gasteiger charge is -2.20. The lowest BCUT2D eigenvalue weighted by molar-refractivity contribution is 0.308. The van der Waals surface area contributed by atoms with E-state index < -0.39 is 14.6 Å². The topological polar surface area (TPSA) is 52.6 Å². The van der Waals surface area contributed by atoms with E-state index >= 15 is 0 Å². The summed E-state index contributed by atoms with van der Waals surface area (Å²) >= 11 is 3.38. The van der Waals surface area contributed by atoms with Gasteiger partial charge in [0, 0.05) is 10.9 Å².